The van der Waals surface area contributed by atoms with Gasteiger partial charge in [-0.2, -0.15) is 0 Å². The van der Waals surface area contributed by atoms with Crippen LogP contribution >= 0.6 is 0 Å². The Balaban J connectivity index is 1.89. The first-order valence-electron chi connectivity index (χ1n) is 7.49. The van der Waals surface area contributed by atoms with Crippen LogP contribution < -0.4 is 10.8 Å². The lowest BCUT2D eigenvalue weighted by Crippen LogP contribution is -2.41. The third-order valence-corrected chi connectivity index (χ3v) is 4.89. The summed E-state index contributed by atoms with van der Waals surface area (Å²) >= 11 is 0. The van der Waals surface area contributed by atoms with Crippen molar-refractivity contribution in [2.75, 3.05) is 5.32 Å². The van der Waals surface area contributed by atoms with Crippen LogP contribution in [0.25, 0.3) is 0 Å². The van der Waals surface area contributed by atoms with E-state index in [1.165, 1.54) is 0 Å². The number of carbonyl (C=O) groups excluding carboxylic acids is 1. The second-order valence-corrected chi connectivity index (χ2v) is 7.10. The zero-order valence-corrected chi connectivity index (χ0v) is 13.3. The molecule has 5 heteroatoms. The summed E-state index contributed by atoms with van der Waals surface area (Å²) in [6.07, 6.45) is 0.758. The molecule has 0 aromatic heterocycles. The zero-order chi connectivity index (χ0) is 15.4. The van der Waals surface area contributed by atoms with Crippen molar-refractivity contribution in [3.8, 4) is 0 Å². The molecule has 0 saturated carbocycles. The molecule has 112 valence electrons. The molecule has 1 aromatic carbocycles. The van der Waals surface area contributed by atoms with E-state index >= 15 is 0 Å². The average molecular weight is 287 g/mol. The molecule has 1 fully saturated rings. The lowest BCUT2D eigenvalue weighted by atomic mass is 9.77. The van der Waals surface area contributed by atoms with Crippen molar-refractivity contribution >= 4 is 24.2 Å². The van der Waals surface area contributed by atoms with Gasteiger partial charge in [-0.1, -0.05) is 19.1 Å². The lowest BCUT2D eigenvalue weighted by molar-refractivity contribution is -0.119. The first-order chi connectivity index (χ1) is 9.69. The first-order valence-corrected chi connectivity index (χ1v) is 7.49. The smallest absolute Gasteiger partial charge is 0.399 e. The third-order valence-electron chi connectivity index (χ3n) is 4.89. The van der Waals surface area contributed by atoms with Gasteiger partial charge >= 0.3 is 7.12 Å². The molecular weight excluding hydrogens is 265 g/mol. The van der Waals surface area contributed by atoms with Crippen molar-refractivity contribution in [3.63, 3.8) is 0 Å². The van der Waals surface area contributed by atoms with Crippen LogP contribution in [0.3, 0.4) is 0 Å². The second kappa shape index (κ2) is 4.58. The molecule has 0 aliphatic carbocycles. The van der Waals surface area contributed by atoms with Crippen LogP contribution in [0.2, 0.25) is 0 Å². The summed E-state index contributed by atoms with van der Waals surface area (Å²) in [6.45, 7) is 10.1. The molecule has 1 unspecified atom stereocenters. The van der Waals surface area contributed by atoms with Gasteiger partial charge in [0, 0.05) is 11.6 Å². The molecule has 2 aliphatic rings. The van der Waals surface area contributed by atoms with Crippen molar-refractivity contribution in [2.45, 2.75) is 52.2 Å². The maximum Gasteiger partial charge on any atom is 0.494 e. The number of hydrogen-bond acceptors (Lipinski definition) is 3. The van der Waals surface area contributed by atoms with E-state index < -0.39 is 0 Å². The molecule has 4 nitrogen and oxygen atoms in total. The number of anilines is 1. The number of rotatable bonds is 1. The Hall–Kier alpha value is -1.33. The van der Waals surface area contributed by atoms with Gasteiger partial charge in [0.2, 0.25) is 5.91 Å². The number of amides is 1. The van der Waals surface area contributed by atoms with E-state index in [1.807, 2.05) is 46.8 Å². The van der Waals surface area contributed by atoms with E-state index in [-0.39, 0.29) is 30.1 Å². The van der Waals surface area contributed by atoms with Gasteiger partial charge in [-0.25, -0.2) is 0 Å². The van der Waals surface area contributed by atoms with Gasteiger partial charge in [0.05, 0.1) is 11.2 Å². The van der Waals surface area contributed by atoms with Gasteiger partial charge < -0.3 is 14.6 Å². The molecule has 1 aromatic rings. The summed E-state index contributed by atoms with van der Waals surface area (Å²) in [5.74, 6) is 0.0944. The largest absolute Gasteiger partial charge is 0.494 e. The van der Waals surface area contributed by atoms with Crippen molar-refractivity contribution < 1.29 is 14.1 Å². The van der Waals surface area contributed by atoms with Crippen molar-refractivity contribution in [1.29, 1.82) is 0 Å². The van der Waals surface area contributed by atoms with E-state index in [9.17, 15) is 4.79 Å². The van der Waals surface area contributed by atoms with Crippen molar-refractivity contribution in [2.24, 2.45) is 5.92 Å². The van der Waals surface area contributed by atoms with Crippen LogP contribution in [-0.2, 0) is 20.5 Å². The summed E-state index contributed by atoms with van der Waals surface area (Å²) < 4.78 is 12.2. The minimum atomic E-state index is -0.353. The lowest BCUT2D eigenvalue weighted by Gasteiger charge is -2.32. The molecule has 0 spiro atoms. The summed E-state index contributed by atoms with van der Waals surface area (Å²) in [4.78, 5) is 11.7. The highest BCUT2D eigenvalue weighted by Gasteiger charge is 2.51. The standard InChI is InChI=1S/C16H22BNO3/c1-10-8-11-9-12(6-7-13(11)18-14(10)19)17-20-15(2,3)16(4,5)21-17/h6-7,9-10H,8H2,1-5H3,(H,18,19). The van der Waals surface area contributed by atoms with E-state index in [2.05, 4.69) is 11.4 Å². The van der Waals surface area contributed by atoms with Gasteiger partial charge in [-0.15, -0.1) is 0 Å². The summed E-state index contributed by atoms with van der Waals surface area (Å²) in [7, 11) is -0.353. The Labute approximate surface area is 126 Å². The molecule has 1 amide bonds. The number of benzene rings is 1. The predicted molar refractivity (Wildman–Crippen MR) is 83.7 cm³/mol. The Morgan fingerprint density at radius 2 is 1.81 bits per heavy atom. The molecule has 0 bridgehead atoms. The maximum atomic E-state index is 11.7. The molecule has 3 rings (SSSR count). The highest BCUT2D eigenvalue weighted by molar-refractivity contribution is 6.62. The quantitative estimate of drug-likeness (QED) is 0.805. The molecule has 2 heterocycles. The topological polar surface area (TPSA) is 47.6 Å². The van der Waals surface area contributed by atoms with Crippen LogP contribution in [0.4, 0.5) is 5.69 Å². The Bertz CT molecular complexity index is 581. The Kier molecular flexibility index (Phi) is 3.19. The highest BCUT2D eigenvalue weighted by Crippen LogP contribution is 2.36. The van der Waals surface area contributed by atoms with Gasteiger partial charge in [0.25, 0.3) is 0 Å². The molecule has 0 radical (unpaired) electrons. The third kappa shape index (κ3) is 2.38. The van der Waals surface area contributed by atoms with Gasteiger partial charge in [0.15, 0.2) is 0 Å². The monoisotopic (exact) mass is 287 g/mol. The van der Waals surface area contributed by atoms with Crippen LogP contribution in [0.5, 0.6) is 0 Å². The second-order valence-electron chi connectivity index (χ2n) is 7.10. The molecule has 21 heavy (non-hydrogen) atoms. The Morgan fingerprint density at radius 1 is 1.19 bits per heavy atom. The molecular formula is C16H22BNO3. The average Bonchev–Trinajstić information content (AvgIpc) is 2.59. The van der Waals surface area contributed by atoms with Gasteiger partial charge in [0.1, 0.15) is 0 Å². The fraction of sp³-hybridized carbons (Fsp3) is 0.562. The summed E-state index contributed by atoms with van der Waals surface area (Å²) in [5, 5.41) is 2.94. The minimum Gasteiger partial charge on any atom is -0.399 e. The zero-order valence-electron chi connectivity index (χ0n) is 13.3. The highest BCUT2D eigenvalue weighted by atomic mass is 16.7. The number of carbonyl (C=O) groups is 1. The number of nitrogens with one attached hydrogen (secondary N) is 1. The van der Waals surface area contributed by atoms with Crippen LogP contribution in [0.15, 0.2) is 18.2 Å². The van der Waals surface area contributed by atoms with Crippen LogP contribution in [0, 0.1) is 5.92 Å². The minimum absolute atomic E-state index is 0.00560. The number of fused-ring (bicyclic) bond motifs is 1. The maximum absolute atomic E-state index is 11.7. The van der Waals surface area contributed by atoms with E-state index in [0.717, 1.165) is 23.1 Å². The molecule has 1 saturated heterocycles. The fourth-order valence-electron chi connectivity index (χ4n) is 2.71. The van der Waals surface area contributed by atoms with E-state index in [1.54, 1.807) is 0 Å². The SMILES string of the molecule is CC1Cc2cc(B3OC(C)(C)C(C)(C)O3)ccc2NC1=O. The summed E-state index contributed by atoms with van der Waals surface area (Å²) in [5.41, 5.74) is 2.38. The predicted octanol–water partition coefficient (Wildman–Crippen LogP) is 2.12. The van der Waals surface area contributed by atoms with Crippen LogP contribution in [0.1, 0.15) is 40.2 Å². The summed E-state index contributed by atoms with van der Waals surface area (Å²) in [6, 6.07) is 6.00. The molecule has 2 aliphatic heterocycles. The number of hydrogen-bond donors (Lipinski definition) is 1. The Morgan fingerprint density at radius 3 is 2.43 bits per heavy atom. The normalized spacial score (nSPS) is 26.4. The van der Waals surface area contributed by atoms with Gasteiger partial charge in [-0.05, 0) is 51.2 Å². The van der Waals surface area contributed by atoms with E-state index in [0.29, 0.717) is 0 Å². The van der Waals surface area contributed by atoms with Gasteiger partial charge in [-0.3, -0.25) is 4.79 Å². The fourth-order valence-corrected chi connectivity index (χ4v) is 2.71. The van der Waals surface area contributed by atoms with Crippen molar-refractivity contribution in [1.82, 2.24) is 0 Å². The molecule has 1 N–H and O–H groups in total. The van der Waals surface area contributed by atoms with E-state index in [4.69, 9.17) is 9.31 Å². The molecule has 1 atom stereocenters. The van der Waals surface area contributed by atoms with Crippen molar-refractivity contribution in [3.05, 3.63) is 23.8 Å². The first kappa shape index (κ1) is 14.6. The van der Waals surface area contributed by atoms with Crippen LogP contribution in [-0.4, -0.2) is 24.2 Å².